The molecule has 1 saturated heterocycles. The fraction of sp³-hybridized carbons (Fsp3) is 0.636. The van der Waals surface area contributed by atoms with Crippen LogP contribution in [0.25, 0.3) is 0 Å². The summed E-state index contributed by atoms with van der Waals surface area (Å²) in [7, 11) is -3.40. The predicted octanol–water partition coefficient (Wildman–Crippen LogP) is 2.45. The number of carbonyl (C=O) groups is 2. The maximum atomic E-state index is 12.5. The number of ether oxygens (including phenoxy) is 1. The minimum Gasteiger partial charge on any atom is -0.482 e. The largest absolute Gasteiger partial charge is 0.482 e. The molecule has 0 unspecified atom stereocenters. The van der Waals surface area contributed by atoms with E-state index in [1.807, 2.05) is 20.8 Å². The second-order valence-corrected chi connectivity index (χ2v) is 11.5. The maximum Gasteiger partial charge on any atom is 0.407 e. The van der Waals surface area contributed by atoms with Crippen molar-refractivity contribution in [2.45, 2.75) is 57.0 Å². The lowest BCUT2D eigenvalue weighted by Gasteiger charge is -2.43. The van der Waals surface area contributed by atoms with Crippen LogP contribution in [-0.4, -0.2) is 85.4 Å². The molecule has 0 aromatic heterocycles. The Labute approximate surface area is 189 Å². The van der Waals surface area contributed by atoms with Crippen LogP contribution in [0, 0.1) is 0 Å². The molecule has 2 heterocycles. The number of amides is 2. The molecule has 0 atom stereocenters. The molecule has 9 nitrogen and oxygen atoms in total. The van der Waals surface area contributed by atoms with Gasteiger partial charge in [0, 0.05) is 37.8 Å². The molecule has 0 spiro atoms. The van der Waals surface area contributed by atoms with Crippen molar-refractivity contribution >= 4 is 27.5 Å². The summed E-state index contributed by atoms with van der Waals surface area (Å²) >= 11 is 0. The SMILES string of the molecule is CCS(=O)(=O)c1ccc2c(c1)N(CCN1CCC(N(C(=O)O)C(C)(C)C)CC1)C(=O)CO2. The fourth-order valence-corrected chi connectivity index (χ4v) is 5.32. The van der Waals surface area contributed by atoms with Gasteiger partial charge >= 0.3 is 6.09 Å². The van der Waals surface area contributed by atoms with E-state index in [2.05, 4.69) is 4.90 Å². The van der Waals surface area contributed by atoms with E-state index in [-0.39, 0.29) is 29.2 Å². The zero-order valence-corrected chi connectivity index (χ0v) is 20.0. The molecular formula is C22H33N3O6S. The lowest BCUT2D eigenvalue weighted by atomic mass is 9.97. The number of likely N-dealkylation sites (tertiary alicyclic amines) is 1. The van der Waals surface area contributed by atoms with E-state index in [1.165, 1.54) is 12.1 Å². The van der Waals surface area contributed by atoms with Crippen LogP contribution in [0.1, 0.15) is 40.5 Å². The molecular weight excluding hydrogens is 434 g/mol. The summed E-state index contributed by atoms with van der Waals surface area (Å²) in [6.07, 6.45) is 0.566. The smallest absolute Gasteiger partial charge is 0.407 e. The van der Waals surface area contributed by atoms with Gasteiger partial charge in [0.15, 0.2) is 16.4 Å². The lowest BCUT2D eigenvalue weighted by molar-refractivity contribution is -0.121. The Kier molecular flexibility index (Phi) is 7.04. The number of fused-ring (bicyclic) bond motifs is 1. The van der Waals surface area contributed by atoms with Gasteiger partial charge < -0.3 is 24.5 Å². The van der Waals surface area contributed by atoms with Crippen LogP contribution in [0.15, 0.2) is 23.1 Å². The average Bonchev–Trinajstić information content (AvgIpc) is 2.72. The Morgan fingerprint density at radius 2 is 1.88 bits per heavy atom. The van der Waals surface area contributed by atoms with Gasteiger partial charge in [-0.2, -0.15) is 0 Å². The number of nitrogens with zero attached hydrogens (tertiary/aromatic N) is 3. The van der Waals surface area contributed by atoms with Crippen molar-refractivity contribution in [3.8, 4) is 5.75 Å². The quantitative estimate of drug-likeness (QED) is 0.685. The second-order valence-electron chi connectivity index (χ2n) is 9.26. The summed E-state index contributed by atoms with van der Waals surface area (Å²) in [5.41, 5.74) is 0.0227. The monoisotopic (exact) mass is 467 g/mol. The lowest BCUT2D eigenvalue weighted by Crippen LogP contribution is -2.55. The Balaban J connectivity index is 1.67. The van der Waals surface area contributed by atoms with Gasteiger partial charge in [0.1, 0.15) is 5.75 Å². The van der Waals surface area contributed by atoms with Crippen molar-refractivity contribution in [1.29, 1.82) is 0 Å². The molecule has 1 aromatic carbocycles. The zero-order chi connectivity index (χ0) is 23.7. The molecule has 2 aliphatic rings. The third-order valence-corrected chi connectivity index (χ3v) is 7.84. The van der Waals surface area contributed by atoms with Crippen molar-refractivity contribution in [3.05, 3.63) is 18.2 Å². The number of hydrogen-bond acceptors (Lipinski definition) is 6. The average molecular weight is 468 g/mol. The van der Waals surface area contributed by atoms with Crippen LogP contribution in [0.2, 0.25) is 0 Å². The second kappa shape index (κ2) is 9.27. The maximum absolute atomic E-state index is 12.5. The van der Waals surface area contributed by atoms with Crippen LogP contribution in [-0.2, 0) is 14.6 Å². The predicted molar refractivity (Wildman–Crippen MR) is 121 cm³/mol. The summed E-state index contributed by atoms with van der Waals surface area (Å²) in [5.74, 6) is 0.279. The molecule has 0 bridgehead atoms. The van der Waals surface area contributed by atoms with E-state index in [4.69, 9.17) is 4.74 Å². The molecule has 2 amide bonds. The van der Waals surface area contributed by atoms with Crippen molar-refractivity contribution in [2.75, 3.05) is 43.4 Å². The standard InChI is InChI=1S/C22H33N3O6S/c1-5-32(29,30)17-6-7-19-18(14-17)24(20(26)15-31-19)13-12-23-10-8-16(9-11-23)25(21(27)28)22(2,3)4/h6-7,14,16H,5,8-13,15H2,1-4H3,(H,27,28). The number of carboxylic acid groups (broad SMARTS) is 1. The van der Waals surface area contributed by atoms with E-state index < -0.39 is 21.5 Å². The molecule has 10 heteroatoms. The molecule has 1 aromatic rings. The number of piperidine rings is 1. The molecule has 1 fully saturated rings. The van der Waals surface area contributed by atoms with Crippen LogP contribution in [0.4, 0.5) is 10.5 Å². The van der Waals surface area contributed by atoms with Gasteiger partial charge in [-0.1, -0.05) is 6.92 Å². The molecule has 2 aliphatic heterocycles. The van der Waals surface area contributed by atoms with E-state index in [0.717, 1.165) is 25.9 Å². The van der Waals surface area contributed by atoms with Crippen LogP contribution in [0.3, 0.4) is 0 Å². The minimum absolute atomic E-state index is 0.0164. The highest BCUT2D eigenvalue weighted by Crippen LogP contribution is 2.34. The highest BCUT2D eigenvalue weighted by atomic mass is 32.2. The van der Waals surface area contributed by atoms with E-state index >= 15 is 0 Å². The third-order valence-electron chi connectivity index (χ3n) is 6.10. The van der Waals surface area contributed by atoms with Crippen molar-refractivity contribution in [2.24, 2.45) is 0 Å². The van der Waals surface area contributed by atoms with E-state index in [1.54, 1.807) is 22.8 Å². The van der Waals surface area contributed by atoms with Crippen molar-refractivity contribution in [3.63, 3.8) is 0 Å². The molecule has 0 aliphatic carbocycles. The summed E-state index contributed by atoms with van der Waals surface area (Å²) in [4.78, 5) is 29.8. The Morgan fingerprint density at radius 3 is 2.44 bits per heavy atom. The van der Waals surface area contributed by atoms with Gasteiger partial charge in [0.2, 0.25) is 0 Å². The highest BCUT2D eigenvalue weighted by Gasteiger charge is 2.35. The van der Waals surface area contributed by atoms with Gasteiger partial charge in [-0.25, -0.2) is 13.2 Å². The molecule has 3 rings (SSSR count). The van der Waals surface area contributed by atoms with Gasteiger partial charge in [0.25, 0.3) is 5.91 Å². The first-order valence-electron chi connectivity index (χ1n) is 11.0. The Hall–Kier alpha value is -2.33. The zero-order valence-electron chi connectivity index (χ0n) is 19.2. The molecule has 178 valence electrons. The number of benzene rings is 1. The molecule has 0 saturated carbocycles. The molecule has 32 heavy (non-hydrogen) atoms. The van der Waals surface area contributed by atoms with Crippen LogP contribution >= 0.6 is 0 Å². The van der Waals surface area contributed by atoms with Crippen molar-refractivity contribution in [1.82, 2.24) is 9.80 Å². The third kappa shape index (κ3) is 5.17. The van der Waals surface area contributed by atoms with Crippen molar-refractivity contribution < 1.29 is 27.9 Å². The summed E-state index contributed by atoms with van der Waals surface area (Å²) in [6, 6.07) is 4.61. The van der Waals surface area contributed by atoms with Gasteiger partial charge in [0.05, 0.1) is 16.3 Å². The summed E-state index contributed by atoms with van der Waals surface area (Å²) in [5, 5.41) is 9.63. The number of carbonyl (C=O) groups excluding carboxylic acids is 1. The van der Waals surface area contributed by atoms with E-state index in [0.29, 0.717) is 24.5 Å². The topological polar surface area (TPSA) is 107 Å². The van der Waals surface area contributed by atoms with E-state index in [9.17, 15) is 23.1 Å². The van der Waals surface area contributed by atoms with Crippen LogP contribution < -0.4 is 9.64 Å². The number of hydrogen-bond donors (Lipinski definition) is 1. The first-order valence-corrected chi connectivity index (χ1v) is 12.6. The summed E-state index contributed by atoms with van der Waals surface area (Å²) < 4.78 is 30.1. The molecule has 0 radical (unpaired) electrons. The summed E-state index contributed by atoms with van der Waals surface area (Å²) in [6.45, 7) is 9.73. The minimum atomic E-state index is -3.40. The van der Waals surface area contributed by atoms with Crippen LogP contribution in [0.5, 0.6) is 5.75 Å². The van der Waals surface area contributed by atoms with Gasteiger partial charge in [-0.15, -0.1) is 0 Å². The first-order chi connectivity index (χ1) is 14.9. The Morgan fingerprint density at radius 1 is 1.22 bits per heavy atom. The van der Waals surface area contributed by atoms with Gasteiger partial charge in [-0.05, 0) is 51.8 Å². The molecule has 1 N–H and O–H groups in total. The number of rotatable bonds is 6. The number of anilines is 1. The highest BCUT2D eigenvalue weighted by molar-refractivity contribution is 7.91. The Bertz CT molecular complexity index is 964. The normalized spacial score (nSPS) is 18.2. The first kappa shape index (κ1) is 24.3. The fourth-order valence-electron chi connectivity index (χ4n) is 4.42. The van der Waals surface area contributed by atoms with Gasteiger partial charge in [-0.3, -0.25) is 4.79 Å². The number of sulfone groups is 1.